The van der Waals surface area contributed by atoms with Crippen molar-refractivity contribution >= 4 is 11.2 Å². The molecule has 0 radical (unpaired) electrons. The SMILES string of the molecule is CCCn1c(CC2CCNC2)nc2cccnc21. The highest BCUT2D eigenvalue weighted by Crippen LogP contribution is 2.19. The molecule has 0 aromatic carbocycles. The number of nitrogens with one attached hydrogen (secondary N) is 1. The van der Waals surface area contributed by atoms with Crippen LogP contribution < -0.4 is 5.32 Å². The van der Waals surface area contributed by atoms with Gasteiger partial charge in [0.05, 0.1) is 0 Å². The van der Waals surface area contributed by atoms with Crippen LogP contribution >= 0.6 is 0 Å². The number of hydrogen-bond acceptors (Lipinski definition) is 3. The van der Waals surface area contributed by atoms with Crippen molar-refractivity contribution in [2.75, 3.05) is 13.1 Å². The fourth-order valence-electron chi connectivity index (χ4n) is 2.77. The molecular weight excluding hydrogens is 224 g/mol. The molecule has 3 rings (SSSR count). The summed E-state index contributed by atoms with van der Waals surface area (Å²) < 4.78 is 2.30. The first-order chi connectivity index (χ1) is 8.88. The summed E-state index contributed by atoms with van der Waals surface area (Å²) in [6, 6.07) is 4.03. The van der Waals surface area contributed by atoms with Crippen LogP contribution in [-0.2, 0) is 13.0 Å². The summed E-state index contributed by atoms with van der Waals surface area (Å²) >= 11 is 0. The molecule has 0 amide bonds. The number of nitrogens with zero attached hydrogens (tertiary/aromatic N) is 3. The first-order valence-corrected chi connectivity index (χ1v) is 6.89. The second-order valence-corrected chi connectivity index (χ2v) is 5.09. The van der Waals surface area contributed by atoms with Gasteiger partial charge in [-0.05, 0) is 44.0 Å². The number of aryl methyl sites for hydroxylation is 1. The molecule has 3 heterocycles. The molecule has 0 saturated carbocycles. The maximum atomic E-state index is 4.77. The molecular formula is C14H20N4. The molecule has 18 heavy (non-hydrogen) atoms. The van der Waals surface area contributed by atoms with Crippen LogP contribution in [0.25, 0.3) is 11.2 Å². The van der Waals surface area contributed by atoms with Gasteiger partial charge in [-0.2, -0.15) is 0 Å². The first kappa shape index (κ1) is 11.7. The molecule has 1 aliphatic rings. The van der Waals surface area contributed by atoms with Crippen molar-refractivity contribution in [3.05, 3.63) is 24.2 Å². The summed E-state index contributed by atoms with van der Waals surface area (Å²) in [5.74, 6) is 1.94. The van der Waals surface area contributed by atoms with E-state index in [0.717, 1.165) is 49.6 Å². The third-order valence-electron chi connectivity index (χ3n) is 3.66. The van der Waals surface area contributed by atoms with E-state index >= 15 is 0 Å². The van der Waals surface area contributed by atoms with Crippen molar-refractivity contribution in [3.63, 3.8) is 0 Å². The van der Waals surface area contributed by atoms with Gasteiger partial charge < -0.3 is 9.88 Å². The van der Waals surface area contributed by atoms with E-state index in [4.69, 9.17) is 4.98 Å². The minimum atomic E-state index is 0.734. The summed E-state index contributed by atoms with van der Waals surface area (Å²) in [5.41, 5.74) is 2.08. The van der Waals surface area contributed by atoms with Crippen molar-refractivity contribution < 1.29 is 0 Å². The summed E-state index contributed by atoms with van der Waals surface area (Å²) in [6.45, 7) is 5.50. The Labute approximate surface area is 107 Å². The Kier molecular flexibility index (Phi) is 3.28. The summed E-state index contributed by atoms with van der Waals surface area (Å²) in [4.78, 5) is 9.25. The van der Waals surface area contributed by atoms with Gasteiger partial charge in [-0.1, -0.05) is 6.92 Å². The topological polar surface area (TPSA) is 42.7 Å². The normalized spacial score (nSPS) is 19.7. The number of fused-ring (bicyclic) bond motifs is 1. The molecule has 4 nitrogen and oxygen atoms in total. The molecule has 0 bridgehead atoms. The lowest BCUT2D eigenvalue weighted by Gasteiger charge is -2.10. The van der Waals surface area contributed by atoms with E-state index in [2.05, 4.69) is 27.9 Å². The molecule has 2 aromatic rings. The first-order valence-electron chi connectivity index (χ1n) is 6.89. The smallest absolute Gasteiger partial charge is 0.159 e. The van der Waals surface area contributed by atoms with E-state index in [0.29, 0.717) is 0 Å². The zero-order valence-electron chi connectivity index (χ0n) is 10.9. The van der Waals surface area contributed by atoms with E-state index in [1.54, 1.807) is 0 Å². The van der Waals surface area contributed by atoms with Gasteiger partial charge in [0.1, 0.15) is 11.3 Å². The molecule has 0 spiro atoms. The van der Waals surface area contributed by atoms with E-state index in [9.17, 15) is 0 Å². The maximum Gasteiger partial charge on any atom is 0.159 e. The van der Waals surface area contributed by atoms with Crippen molar-refractivity contribution in [2.45, 2.75) is 32.7 Å². The predicted octanol–water partition coefficient (Wildman–Crippen LogP) is 1.99. The van der Waals surface area contributed by atoms with Gasteiger partial charge >= 0.3 is 0 Å². The average molecular weight is 244 g/mol. The van der Waals surface area contributed by atoms with Gasteiger partial charge in [-0.15, -0.1) is 0 Å². The summed E-state index contributed by atoms with van der Waals surface area (Å²) in [5, 5.41) is 3.43. The fourth-order valence-corrected chi connectivity index (χ4v) is 2.77. The van der Waals surface area contributed by atoms with Crippen LogP contribution in [0.1, 0.15) is 25.6 Å². The quantitative estimate of drug-likeness (QED) is 0.894. The average Bonchev–Trinajstić information content (AvgIpc) is 3.00. The molecule has 1 aliphatic heterocycles. The Morgan fingerprint density at radius 1 is 1.50 bits per heavy atom. The molecule has 96 valence electrons. The van der Waals surface area contributed by atoms with E-state index in [1.807, 2.05) is 12.3 Å². The molecule has 1 saturated heterocycles. The predicted molar refractivity (Wildman–Crippen MR) is 72.5 cm³/mol. The van der Waals surface area contributed by atoms with E-state index in [-0.39, 0.29) is 0 Å². The third-order valence-corrected chi connectivity index (χ3v) is 3.66. The van der Waals surface area contributed by atoms with E-state index in [1.165, 1.54) is 12.2 Å². The Hall–Kier alpha value is -1.42. The minimum absolute atomic E-state index is 0.734. The Morgan fingerprint density at radius 2 is 2.44 bits per heavy atom. The van der Waals surface area contributed by atoms with Crippen molar-refractivity contribution in [3.8, 4) is 0 Å². The Balaban J connectivity index is 1.95. The molecule has 0 aliphatic carbocycles. The number of hydrogen-bond donors (Lipinski definition) is 1. The third kappa shape index (κ3) is 2.12. The maximum absolute atomic E-state index is 4.77. The van der Waals surface area contributed by atoms with Gasteiger partial charge in [0, 0.05) is 19.2 Å². The second-order valence-electron chi connectivity index (χ2n) is 5.09. The second kappa shape index (κ2) is 5.06. The van der Waals surface area contributed by atoms with E-state index < -0.39 is 0 Å². The lowest BCUT2D eigenvalue weighted by Crippen LogP contribution is -2.14. The highest BCUT2D eigenvalue weighted by atomic mass is 15.1. The Bertz CT molecular complexity index is 526. The fraction of sp³-hybridized carbons (Fsp3) is 0.571. The van der Waals surface area contributed by atoms with Crippen LogP contribution in [0.3, 0.4) is 0 Å². The minimum Gasteiger partial charge on any atom is -0.316 e. The monoisotopic (exact) mass is 244 g/mol. The van der Waals surface area contributed by atoms with Crippen LogP contribution in [0.15, 0.2) is 18.3 Å². The van der Waals surface area contributed by atoms with Crippen LogP contribution in [0, 0.1) is 5.92 Å². The van der Waals surface area contributed by atoms with Gasteiger partial charge in [-0.3, -0.25) is 0 Å². The molecule has 4 heteroatoms. The lowest BCUT2D eigenvalue weighted by atomic mass is 10.0. The van der Waals surface area contributed by atoms with Crippen LogP contribution in [0.2, 0.25) is 0 Å². The van der Waals surface area contributed by atoms with Crippen LogP contribution in [0.4, 0.5) is 0 Å². The zero-order chi connectivity index (χ0) is 12.4. The van der Waals surface area contributed by atoms with Crippen molar-refractivity contribution in [2.24, 2.45) is 5.92 Å². The van der Waals surface area contributed by atoms with Crippen LogP contribution in [-0.4, -0.2) is 27.6 Å². The van der Waals surface area contributed by atoms with Gasteiger partial charge in [-0.25, -0.2) is 9.97 Å². The summed E-state index contributed by atoms with van der Waals surface area (Å²) in [6.07, 6.45) is 5.32. The van der Waals surface area contributed by atoms with Crippen molar-refractivity contribution in [1.29, 1.82) is 0 Å². The molecule has 1 N–H and O–H groups in total. The highest BCUT2D eigenvalue weighted by Gasteiger charge is 2.19. The van der Waals surface area contributed by atoms with Gasteiger partial charge in [0.2, 0.25) is 0 Å². The van der Waals surface area contributed by atoms with Gasteiger partial charge in [0.25, 0.3) is 0 Å². The lowest BCUT2D eigenvalue weighted by molar-refractivity contribution is 0.534. The molecule has 1 unspecified atom stereocenters. The number of rotatable bonds is 4. The largest absolute Gasteiger partial charge is 0.316 e. The number of imidazole rings is 1. The van der Waals surface area contributed by atoms with Gasteiger partial charge in [0.15, 0.2) is 5.65 Å². The zero-order valence-corrected chi connectivity index (χ0v) is 10.9. The number of aromatic nitrogens is 3. The Morgan fingerprint density at radius 3 is 3.22 bits per heavy atom. The highest BCUT2D eigenvalue weighted by molar-refractivity contribution is 5.71. The molecule has 1 atom stereocenters. The molecule has 1 fully saturated rings. The molecule has 2 aromatic heterocycles. The van der Waals surface area contributed by atoms with Crippen molar-refractivity contribution in [1.82, 2.24) is 19.9 Å². The standard InChI is InChI=1S/C14H20N4/c1-2-8-18-13(9-11-5-7-15-10-11)17-12-4-3-6-16-14(12)18/h3-4,6,11,15H,2,5,7-10H2,1H3. The number of pyridine rings is 1. The summed E-state index contributed by atoms with van der Waals surface area (Å²) in [7, 11) is 0. The van der Waals surface area contributed by atoms with Crippen LogP contribution in [0.5, 0.6) is 0 Å².